The summed E-state index contributed by atoms with van der Waals surface area (Å²) in [6.07, 6.45) is 2.12. The van der Waals surface area contributed by atoms with Crippen LogP contribution in [0.5, 0.6) is 0 Å². The number of carbonyl (C=O) groups excluding carboxylic acids is 1. The molecular formula is C9H15NO2S. The van der Waals surface area contributed by atoms with E-state index in [1.54, 1.807) is 0 Å². The lowest BCUT2D eigenvalue weighted by atomic mass is 10.1. The summed E-state index contributed by atoms with van der Waals surface area (Å²) in [5.41, 5.74) is 0. The smallest absolute Gasteiger partial charge is 0.225 e. The third-order valence-corrected chi connectivity index (χ3v) is 3.82. The van der Waals surface area contributed by atoms with Crippen LogP contribution >= 0.6 is 11.8 Å². The van der Waals surface area contributed by atoms with Gasteiger partial charge < -0.3 is 10.0 Å². The molecule has 2 rings (SSSR count). The fourth-order valence-corrected chi connectivity index (χ4v) is 3.14. The van der Waals surface area contributed by atoms with E-state index >= 15 is 0 Å². The van der Waals surface area contributed by atoms with Gasteiger partial charge in [-0.25, -0.2) is 0 Å². The van der Waals surface area contributed by atoms with Crippen molar-refractivity contribution in [2.45, 2.75) is 31.4 Å². The van der Waals surface area contributed by atoms with Crippen molar-refractivity contribution in [1.82, 2.24) is 4.90 Å². The molecule has 4 heteroatoms. The summed E-state index contributed by atoms with van der Waals surface area (Å²) in [7, 11) is 0. The molecular weight excluding hydrogens is 186 g/mol. The summed E-state index contributed by atoms with van der Waals surface area (Å²) in [6.45, 7) is 0.564. The quantitative estimate of drug-likeness (QED) is 0.670. The fourth-order valence-electron chi connectivity index (χ4n) is 2.06. The SMILES string of the molecule is O=C1CC(O)CN1C1CCSCC1. The lowest BCUT2D eigenvalue weighted by molar-refractivity contribution is -0.129. The van der Waals surface area contributed by atoms with Crippen LogP contribution in [0, 0.1) is 0 Å². The van der Waals surface area contributed by atoms with Crippen LogP contribution in [0.3, 0.4) is 0 Å². The molecule has 2 fully saturated rings. The van der Waals surface area contributed by atoms with Crippen molar-refractivity contribution in [2.24, 2.45) is 0 Å². The number of aliphatic hydroxyl groups excluding tert-OH is 1. The van der Waals surface area contributed by atoms with Gasteiger partial charge in [0.25, 0.3) is 0 Å². The average Bonchev–Trinajstić information content (AvgIpc) is 2.47. The molecule has 13 heavy (non-hydrogen) atoms. The predicted molar refractivity (Wildman–Crippen MR) is 52.7 cm³/mol. The summed E-state index contributed by atoms with van der Waals surface area (Å²) in [5, 5.41) is 9.33. The minimum atomic E-state index is -0.415. The summed E-state index contributed by atoms with van der Waals surface area (Å²) in [5.74, 6) is 2.46. The number of likely N-dealkylation sites (tertiary alicyclic amines) is 1. The molecule has 0 bridgehead atoms. The van der Waals surface area contributed by atoms with Crippen molar-refractivity contribution in [3.05, 3.63) is 0 Å². The minimum Gasteiger partial charge on any atom is -0.391 e. The van der Waals surface area contributed by atoms with Gasteiger partial charge in [0.15, 0.2) is 0 Å². The number of aliphatic hydroxyl groups is 1. The first-order valence-corrected chi connectivity index (χ1v) is 5.98. The number of β-amino-alcohol motifs (C(OH)–C–C–N with tert-alkyl or cyclic N) is 1. The lowest BCUT2D eigenvalue weighted by Crippen LogP contribution is -2.39. The first kappa shape index (κ1) is 9.34. The third kappa shape index (κ3) is 1.99. The van der Waals surface area contributed by atoms with Crippen molar-refractivity contribution in [3.63, 3.8) is 0 Å². The number of thioether (sulfide) groups is 1. The Morgan fingerprint density at radius 3 is 2.62 bits per heavy atom. The first-order chi connectivity index (χ1) is 6.27. The monoisotopic (exact) mass is 201 g/mol. The Bertz CT molecular complexity index is 204. The molecule has 2 aliphatic rings. The highest BCUT2D eigenvalue weighted by molar-refractivity contribution is 7.99. The second-order valence-electron chi connectivity index (χ2n) is 3.75. The van der Waals surface area contributed by atoms with Crippen molar-refractivity contribution < 1.29 is 9.90 Å². The van der Waals surface area contributed by atoms with Crippen LogP contribution in [0.1, 0.15) is 19.3 Å². The van der Waals surface area contributed by atoms with Crippen LogP contribution in [-0.4, -0.2) is 46.1 Å². The van der Waals surface area contributed by atoms with E-state index in [9.17, 15) is 9.90 Å². The average molecular weight is 201 g/mol. The van der Waals surface area contributed by atoms with Crippen molar-refractivity contribution in [3.8, 4) is 0 Å². The van der Waals surface area contributed by atoms with E-state index in [1.165, 1.54) is 0 Å². The number of rotatable bonds is 1. The molecule has 3 nitrogen and oxygen atoms in total. The van der Waals surface area contributed by atoms with Crippen molar-refractivity contribution >= 4 is 17.7 Å². The maximum absolute atomic E-state index is 11.4. The number of nitrogens with zero attached hydrogens (tertiary/aromatic N) is 1. The van der Waals surface area contributed by atoms with Gasteiger partial charge >= 0.3 is 0 Å². The van der Waals surface area contributed by atoms with Gasteiger partial charge in [0, 0.05) is 12.6 Å². The zero-order valence-electron chi connectivity index (χ0n) is 7.61. The molecule has 0 aliphatic carbocycles. The zero-order valence-corrected chi connectivity index (χ0v) is 8.42. The van der Waals surface area contributed by atoms with Crippen LogP contribution in [0.2, 0.25) is 0 Å². The molecule has 0 aromatic carbocycles. The van der Waals surface area contributed by atoms with Gasteiger partial charge in [-0.05, 0) is 24.3 Å². The van der Waals surface area contributed by atoms with E-state index in [-0.39, 0.29) is 5.91 Å². The molecule has 0 aromatic rings. The molecule has 74 valence electrons. The Hall–Kier alpha value is -0.220. The number of carbonyl (C=O) groups is 1. The van der Waals surface area contributed by atoms with Gasteiger partial charge in [-0.1, -0.05) is 0 Å². The number of amides is 1. The number of hydrogen-bond donors (Lipinski definition) is 1. The molecule has 2 heterocycles. The molecule has 2 aliphatic heterocycles. The van der Waals surface area contributed by atoms with Crippen LogP contribution in [0.4, 0.5) is 0 Å². The Kier molecular flexibility index (Phi) is 2.79. The maximum atomic E-state index is 11.4. The van der Waals surface area contributed by atoms with E-state index < -0.39 is 6.10 Å². The standard InChI is InChI=1S/C9H15NO2S/c11-8-5-9(12)10(6-8)7-1-3-13-4-2-7/h7-8,11H,1-6H2. The van der Waals surface area contributed by atoms with Gasteiger partial charge in [0.2, 0.25) is 5.91 Å². The van der Waals surface area contributed by atoms with Crippen molar-refractivity contribution in [2.75, 3.05) is 18.1 Å². The van der Waals surface area contributed by atoms with E-state index in [2.05, 4.69) is 0 Å². The third-order valence-electron chi connectivity index (χ3n) is 2.77. The Labute approximate surface area is 82.5 Å². The second kappa shape index (κ2) is 3.88. The predicted octanol–water partition coefficient (Wildman–Crippen LogP) is 0.475. The largest absolute Gasteiger partial charge is 0.391 e. The van der Waals surface area contributed by atoms with E-state index in [1.807, 2.05) is 16.7 Å². The molecule has 0 saturated carbocycles. The van der Waals surface area contributed by atoms with E-state index in [0.717, 1.165) is 24.3 Å². The van der Waals surface area contributed by atoms with Crippen molar-refractivity contribution in [1.29, 1.82) is 0 Å². The summed E-state index contributed by atoms with van der Waals surface area (Å²) in [6, 6.07) is 0.408. The highest BCUT2D eigenvalue weighted by atomic mass is 32.2. The molecule has 1 unspecified atom stereocenters. The summed E-state index contributed by atoms with van der Waals surface area (Å²) in [4.78, 5) is 13.3. The molecule has 2 saturated heterocycles. The number of hydrogen-bond acceptors (Lipinski definition) is 3. The van der Waals surface area contributed by atoms with Crippen LogP contribution in [0.25, 0.3) is 0 Å². The highest BCUT2D eigenvalue weighted by Crippen LogP contribution is 2.25. The molecule has 0 aromatic heterocycles. The summed E-state index contributed by atoms with van der Waals surface area (Å²) >= 11 is 1.96. The van der Waals surface area contributed by atoms with E-state index in [4.69, 9.17) is 0 Å². The van der Waals surface area contributed by atoms with Crippen LogP contribution < -0.4 is 0 Å². The molecule has 0 spiro atoms. The van der Waals surface area contributed by atoms with Gasteiger partial charge in [0.1, 0.15) is 0 Å². The first-order valence-electron chi connectivity index (χ1n) is 4.82. The normalized spacial score (nSPS) is 31.3. The van der Waals surface area contributed by atoms with Gasteiger partial charge in [-0.15, -0.1) is 0 Å². The maximum Gasteiger partial charge on any atom is 0.225 e. The Balaban J connectivity index is 1.95. The second-order valence-corrected chi connectivity index (χ2v) is 4.97. The highest BCUT2D eigenvalue weighted by Gasteiger charge is 2.33. The molecule has 1 amide bonds. The van der Waals surface area contributed by atoms with Gasteiger partial charge in [-0.2, -0.15) is 11.8 Å². The lowest BCUT2D eigenvalue weighted by Gasteiger charge is -2.30. The zero-order chi connectivity index (χ0) is 9.26. The Morgan fingerprint density at radius 2 is 2.08 bits per heavy atom. The van der Waals surface area contributed by atoms with Crippen LogP contribution in [-0.2, 0) is 4.79 Å². The topological polar surface area (TPSA) is 40.5 Å². The minimum absolute atomic E-state index is 0.143. The molecule has 0 radical (unpaired) electrons. The van der Waals surface area contributed by atoms with Crippen LogP contribution in [0.15, 0.2) is 0 Å². The molecule has 1 atom stereocenters. The van der Waals surface area contributed by atoms with E-state index in [0.29, 0.717) is 19.0 Å². The van der Waals surface area contributed by atoms with Gasteiger partial charge in [0.05, 0.1) is 12.5 Å². The fraction of sp³-hybridized carbons (Fsp3) is 0.889. The molecule has 1 N–H and O–H groups in total. The Morgan fingerprint density at radius 1 is 1.38 bits per heavy atom. The van der Waals surface area contributed by atoms with Gasteiger partial charge in [-0.3, -0.25) is 4.79 Å². The summed E-state index contributed by atoms with van der Waals surface area (Å²) < 4.78 is 0.